The summed E-state index contributed by atoms with van der Waals surface area (Å²) in [5.41, 5.74) is -2.39. The van der Waals surface area contributed by atoms with Crippen LogP contribution in [0.15, 0.2) is 15.7 Å². The number of hydrogen-bond acceptors (Lipinski definition) is 5. The van der Waals surface area contributed by atoms with E-state index in [9.17, 15) is 27.3 Å². The molecule has 11 heteroatoms. The molecule has 1 aromatic rings. The van der Waals surface area contributed by atoms with E-state index >= 15 is 0 Å². The molecular weight excluding hydrogens is 349 g/mol. The molecule has 17 heavy (non-hydrogen) atoms. The van der Waals surface area contributed by atoms with E-state index in [1.54, 1.807) is 0 Å². The highest BCUT2D eigenvalue weighted by molar-refractivity contribution is 9.10. The van der Waals surface area contributed by atoms with Gasteiger partial charge >= 0.3 is 5.69 Å². The fourth-order valence-electron chi connectivity index (χ4n) is 1.04. The Morgan fingerprint density at radius 2 is 2.06 bits per heavy atom. The van der Waals surface area contributed by atoms with Crippen LogP contribution in [0.5, 0.6) is 0 Å². The summed E-state index contributed by atoms with van der Waals surface area (Å²) < 4.78 is 46.7. The highest BCUT2D eigenvalue weighted by atomic mass is 79.9. The number of alkyl halides is 2. The van der Waals surface area contributed by atoms with Crippen molar-refractivity contribution in [3.8, 4) is 0 Å². The van der Waals surface area contributed by atoms with Gasteiger partial charge in [-0.05, 0) is 15.9 Å². The molecule has 0 aliphatic carbocycles. The normalized spacial score (nSPS) is 11.8. The van der Waals surface area contributed by atoms with Crippen LogP contribution in [0.3, 0.4) is 0 Å². The van der Waals surface area contributed by atoms with Gasteiger partial charge in [-0.2, -0.15) is 0 Å². The molecule has 0 spiro atoms. The Hall–Kier alpha value is -0.870. The van der Waals surface area contributed by atoms with Gasteiger partial charge in [0.25, 0.3) is 15.5 Å². The zero-order valence-electron chi connectivity index (χ0n) is 7.60. The van der Waals surface area contributed by atoms with Crippen LogP contribution in [0.4, 0.5) is 14.5 Å². The summed E-state index contributed by atoms with van der Waals surface area (Å²) in [6, 6.07) is 0. The molecule has 0 aromatic carbocycles. The van der Waals surface area contributed by atoms with Gasteiger partial charge in [-0.1, -0.05) is 0 Å². The number of aromatic nitrogens is 1. The first-order valence-corrected chi connectivity index (χ1v) is 6.82. The largest absolute Gasteiger partial charge is 0.302 e. The van der Waals surface area contributed by atoms with Crippen molar-refractivity contribution in [2.75, 3.05) is 0 Å². The highest BCUT2D eigenvalue weighted by Crippen LogP contribution is 2.38. The lowest BCUT2D eigenvalue weighted by Crippen LogP contribution is -2.06. The Morgan fingerprint density at radius 1 is 1.53 bits per heavy atom. The molecule has 0 amide bonds. The number of halogens is 4. The summed E-state index contributed by atoms with van der Waals surface area (Å²) >= 11 is 2.61. The number of nitrogens with zero attached hydrogens (tertiary/aromatic N) is 2. The van der Waals surface area contributed by atoms with Crippen LogP contribution in [0.25, 0.3) is 0 Å². The van der Waals surface area contributed by atoms with Gasteiger partial charge < -0.3 is 0 Å². The third-order valence-corrected chi connectivity index (χ3v) is 3.86. The SMILES string of the molecule is O=[N+]([O-])c1c(C(F)F)cnc(Br)c1S(=O)(=O)Cl. The molecule has 0 saturated carbocycles. The smallest absolute Gasteiger partial charge is 0.258 e. The minimum Gasteiger partial charge on any atom is -0.258 e. The first-order valence-electron chi connectivity index (χ1n) is 3.72. The predicted molar refractivity (Wildman–Crippen MR) is 56.6 cm³/mol. The lowest BCUT2D eigenvalue weighted by Gasteiger charge is -2.06. The van der Waals surface area contributed by atoms with E-state index in [2.05, 4.69) is 20.9 Å². The van der Waals surface area contributed by atoms with E-state index in [1.807, 2.05) is 0 Å². The Labute approximate surface area is 106 Å². The standard InChI is InChI=1S/C6H2BrClF2N2O4S/c7-5-4(17(8,15)16)3(12(13)14)2(1-11-5)6(9)10/h1,6H. The summed E-state index contributed by atoms with van der Waals surface area (Å²) in [5, 5.41) is 10.6. The third kappa shape index (κ3) is 2.87. The van der Waals surface area contributed by atoms with E-state index < -0.39 is 41.1 Å². The molecule has 0 radical (unpaired) electrons. The van der Waals surface area contributed by atoms with Crippen molar-refractivity contribution in [2.24, 2.45) is 0 Å². The molecule has 1 rings (SSSR count). The average Bonchev–Trinajstić information content (AvgIpc) is 2.14. The summed E-state index contributed by atoms with van der Waals surface area (Å²) in [6.07, 6.45) is -2.73. The van der Waals surface area contributed by atoms with Crippen molar-refractivity contribution in [1.29, 1.82) is 0 Å². The molecule has 0 N–H and O–H groups in total. The molecular formula is C6H2BrClF2N2O4S. The van der Waals surface area contributed by atoms with E-state index in [0.717, 1.165) is 0 Å². The molecule has 1 heterocycles. The van der Waals surface area contributed by atoms with Crippen molar-refractivity contribution >= 4 is 41.4 Å². The quantitative estimate of drug-likeness (QED) is 0.361. The van der Waals surface area contributed by atoms with E-state index in [1.165, 1.54) is 0 Å². The molecule has 0 saturated heterocycles. The lowest BCUT2D eigenvalue weighted by molar-refractivity contribution is -0.389. The van der Waals surface area contributed by atoms with E-state index in [4.69, 9.17) is 10.7 Å². The van der Waals surface area contributed by atoms with Crippen molar-refractivity contribution in [2.45, 2.75) is 11.3 Å². The van der Waals surface area contributed by atoms with Gasteiger partial charge in [-0.15, -0.1) is 0 Å². The van der Waals surface area contributed by atoms with Crippen molar-refractivity contribution in [1.82, 2.24) is 4.98 Å². The third-order valence-electron chi connectivity index (χ3n) is 1.65. The minimum atomic E-state index is -4.58. The molecule has 1 aromatic heterocycles. The molecule has 6 nitrogen and oxygen atoms in total. The Morgan fingerprint density at radius 3 is 2.41 bits per heavy atom. The highest BCUT2D eigenvalue weighted by Gasteiger charge is 2.34. The van der Waals surface area contributed by atoms with Crippen LogP contribution in [-0.4, -0.2) is 18.3 Å². The van der Waals surface area contributed by atoms with Crippen LogP contribution in [-0.2, 0) is 9.05 Å². The summed E-state index contributed by atoms with van der Waals surface area (Å²) in [7, 11) is 0.365. The zero-order valence-corrected chi connectivity index (χ0v) is 10.8. The predicted octanol–water partition coefficient (Wildman–Crippen LogP) is 2.62. The Balaban J connectivity index is 3.80. The number of hydrogen-bond donors (Lipinski definition) is 0. The first-order chi connectivity index (χ1) is 7.66. The maximum atomic E-state index is 12.5. The fraction of sp³-hybridized carbons (Fsp3) is 0.167. The van der Waals surface area contributed by atoms with Gasteiger partial charge in [0.1, 0.15) is 10.2 Å². The van der Waals surface area contributed by atoms with Gasteiger partial charge in [0.15, 0.2) is 4.90 Å². The monoisotopic (exact) mass is 350 g/mol. The maximum absolute atomic E-state index is 12.5. The fourth-order valence-corrected chi connectivity index (χ4v) is 3.36. The second kappa shape index (κ2) is 4.78. The second-order valence-corrected chi connectivity index (χ2v) is 5.93. The summed E-state index contributed by atoms with van der Waals surface area (Å²) in [4.78, 5) is 11.6. The van der Waals surface area contributed by atoms with Gasteiger partial charge in [-0.3, -0.25) is 10.1 Å². The number of nitro groups is 1. The van der Waals surface area contributed by atoms with Crippen molar-refractivity contribution in [3.63, 3.8) is 0 Å². The maximum Gasteiger partial charge on any atom is 0.302 e. The topological polar surface area (TPSA) is 90.2 Å². The summed E-state index contributed by atoms with van der Waals surface area (Å²) in [5.74, 6) is 0. The van der Waals surface area contributed by atoms with Gasteiger partial charge in [-0.25, -0.2) is 22.2 Å². The van der Waals surface area contributed by atoms with Crippen LogP contribution in [0.2, 0.25) is 0 Å². The van der Waals surface area contributed by atoms with E-state index in [0.29, 0.717) is 6.20 Å². The van der Waals surface area contributed by atoms with E-state index in [-0.39, 0.29) is 0 Å². The summed E-state index contributed by atoms with van der Waals surface area (Å²) in [6.45, 7) is 0. The van der Waals surface area contributed by atoms with Crippen molar-refractivity contribution in [3.05, 3.63) is 26.5 Å². The first kappa shape index (κ1) is 14.2. The molecule has 0 aliphatic heterocycles. The number of pyridine rings is 1. The minimum absolute atomic E-state index is 0.497. The molecule has 0 unspecified atom stereocenters. The van der Waals surface area contributed by atoms with Crippen LogP contribution in [0.1, 0.15) is 12.0 Å². The zero-order chi connectivity index (χ0) is 13.4. The Kier molecular flexibility index (Phi) is 3.99. The molecule has 0 fully saturated rings. The van der Waals surface area contributed by atoms with Gasteiger partial charge in [0, 0.05) is 16.9 Å². The van der Waals surface area contributed by atoms with Gasteiger partial charge in [0.2, 0.25) is 0 Å². The number of rotatable bonds is 3. The Bertz CT molecular complexity index is 580. The second-order valence-electron chi connectivity index (χ2n) is 2.68. The van der Waals surface area contributed by atoms with Gasteiger partial charge in [0.05, 0.1) is 4.92 Å². The lowest BCUT2D eigenvalue weighted by atomic mass is 10.2. The molecule has 0 atom stereocenters. The molecule has 0 bridgehead atoms. The van der Waals surface area contributed by atoms with Crippen LogP contribution in [0, 0.1) is 10.1 Å². The average molecular weight is 352 g/mol. The molecule has 94 valence electrons. The molecule has 0 aliphatic rings. The van der Waals surface area contributed by atoms with Crippen LogP contribution >= 0.6 is 26.6 Å². The van der Waals surface area contributed by atoms with Crippen LogP contribution < -0.4 is 0 Å². The van der Waals surface area contributed by atoms with Crippen molar-refractivity contribution < 1.29 is 22.1 Å².